The topological polar surface area (TPSA) is 133 Å². The van der Waals surface area contributed by atoms with Crippen molar-refractivity contribution in [1.82, 2.24) is 0 Å². The average Bonchev–Trinajstić information content (AvgIpc) is 2.39. The summed E-state index contributed by atoms with van der Waals surface area (Å²) >= 11 is 0. The van der Waals surface area contributed by atoms with Crippen LogP contribution in [0.3, 0.4) is 0 Å². The summed E-state index contributed by atoms with van der Waals surface area (Å²) in [6, 6.07) is 1.22. The Balaban J connectivity index is 3.38. The second kappa shape index (κ2) is 5.80. The number of benzene rings is 1. The van der Waals surface area contributed by atoms with Gasteiger partial charge in [-0.3, -0.25) is 10.1 Å². The Bertz CT molecular complexity index is 544. The van der Waals surface area contributed by atoms with Crippen molar-refractivity contribution in [3.05, 3.63) is 33.6 Å². The van der Waals surface area contributed by atoms with E-state index in [1.165, 1.54) is 6.92 Å². The van der Waals surface area contributed by atoms with Crippen LogP contribution in [0.15, 0.2) is 12.1 Å². The number of carboxylic acid groups (broad SMARTS) is 1. The van der Waals surface area contributed by atoms with Crippen molar-refractivity contribution >= 4 is 17.3 Å². The molecule has 9 heteroatoms. The Hall–Kier alpha value is -2.26. The predicted molar refractivity (Wildman–Crippen MR) is 66.2 cm³/mol. The molecule has 0 aliphatic heterocycles. The van der Waals surface area contributed by atoms with Gasteiger partial charge in [-0.1, -0.05) is 0 Å². The first kappa shape index (κ1) is 15.8. The molecule has 0 saturated carbocycles. The lowest BCUT2D eigenvalue weighted by molar-refractivity contribution is -0.384. The molecule has 0 radical (unpaired) electrons. The van der Waals surface area contributed by atoms with Gasteiger partial charge in [-0.15, -0.1) is 0 Å². The zero-order chi connectivity index (χ0) is 15.5. The molecular weight excluding hydrogens is 275 g/mol. The van der Waals surface area contributed by atoms with Gasteiger partial charge in [0.1, 0.15) is 11.5 Å². The lowest BCUT2D eigenvalue weighted by Gasteiger charge is -2.27. The standard InChI is InChI=1S/C11H13FN2O6/c1-11(4-15,5-16)13-8-2-6(10(17)18)7(12)3-9(8)14(19)20/h2-3,13,15-16H,4-5H2,1H3,(H,17,18). The number of halogens is 1. The Morgan fingerprint density at radius 2 is 2.00 bits per heavy atom. The first-order chi connectivity index (χ1) is 9.24. The molecular formula is C11H13FN2O6. The molecule has 0 aromatic heterocycles. The van der Waals surface area contributed by atoms with Crippen molar-refractivity contribution in [3.63, 3.8) is 0 Å². The molecule has 0 heterocycles. The minimum absolute atomic E-state index is 0.306. The van der Waals surface area contributed by atoms with E-state index in [0.717, 1.165) is 6.07 Å². The Kier molecular flexibility index (Phi) is 4.58. The third-order valence-electron chi connectivity index (χ3n) is 2.65. The molecule has 0 aliphatic rings. The number of carboxylic acids is 1. The van der Waals surface area contributed by atoms with Gasteiger partial charge < -0.3 is 20.6 Å². The number of nitro groups is 1. The minimum atomic E-state index is -1.59. The molecule has 4 N–H and O–H groups in total. The van der Waals surface area contributed by atoms with Gasteiger partial charge in [0.15, 0.2) is 0 Å². The fourth-order valence-electron chi connectivity index (χ4n) is 1.43. The van der Waals surface area contributed by atoms with E-state index in [2.05, 4.69) is 5.32 Å². The van der Waals surface area contributed by atoms with E-state index in [0.29, 0.717) is 6.07 Å². The summed E-state index contributed by atoms with van der Waals surface area (Å²) in [5, 5.41) is 40.3. The number of nitrogens with one attached hydrogen (secondary N) is 1. The fourth-order valence-corrected chi connectivity index (χ4v) is 1.43. The van der Waals surface area contributed by atoms with E-state index in [1.807, 2.05) is 0 Å². The highest BCUT2D eigenvalue weighted by molar-refractivity contribution is 5.90. The molecule has 0 unspecified atom stereocenters. The van der Waals surface area contributed by atoms with Gasteiger partial charge in [-0.05, 0) is 13.0 Å². The number of rotatable bonds is 6. The normalized spacial score (nSPS) is 11.2. The molecule has 0 atom stereocenters. The highest BCUT2D eigenvalue weighted by Crippen LogP contribution is 2.30. The molecule has 0 amide bonds. The van der Waals surface area contributed by atoms with Crippen molar-refractivity contribution in [1.29, 1.82) is 0 Å². The molecule has 20 heavy (non-hydrogen) atoms. The summed E-state index contributed by atoms with van der Waals surface area (Å²) in [4.78, 5) is 20.8. The predicted octanol–water partition coefficient (Wildman–Crippen LogP) is 0.587. The van der Waals surface area contributed by atoms with Gasteiger partial charge in [-0.25, -0.2) is 9.18 Å². The van der Waals surface area contributed by atoms with Crippen molar-refractivity contribution in [3.8, 4) is 0 Å². The average molecular weight is 288 g/mol. The first-order valence-electron chi connectivity index (χ1n) is 5.45. The molecule has 1 rings (SSSR count). The van der Waals surface area contributed by atoms with Crippen molar-refractivity contribution in [2.24, 2.45) is 0 Å². The van der Waals surface area contributed by atoms with Crippen molar-refractivity contribution < 1.29 is 29.4 Å². The minimum Gasteiger partial charge on any atom is -0.478 e. The molecule has 0 aliphatic carbocycles. The van der Waals surface area contributed by atoms with Gasteiger partial charge in [-0.2, -0.15) is 0 Å². The summed E-state index contributed by atoms with van der Waals surface area (Å²) in [7, 11) is 0. The van der Waals surface area contributed by atoms with Crippen LogP contribution in [0.2, 0.25) is 0 Å². The molecule has 0 spiro atoms. The number of anilines is 1. The number of carbonyl (C=O) groups is 1. The van der Waals surface area contributed by atoms with Gasteiger partial charge in [0.25, 0.3) is 5.69 Å². The van der Waals surface area contributed by atoms with E-state index in [1.54, 1.807) is 0 Å². The van der Waals surface area contributed by atoms with Crippen LogP contribution in [-0.4, -0.2) is 45.0 Å². The number of aliphatic hydroxyl groups is 2. The molecule has 8 nitrogen and oxygen atoms in total. The molecule has 0 fully saturated rings. The number of nitro benzene ring substituents is 1. The smallest absolute Gasteiger partial charge is 0.338 e. The third-order valence-corrected chi connectivity index (χ3v) is 2.65. The molecule has 0 bridgehead atoms. The van der Waals surface area contributed by atoms with Crippen LogP contribution in [0, 0.1) is 15.9 Å². The Morgan fingerprint density at radius 1 is 1.45 bits per heavy atom. The first-order valence-corrected chi connectivity index (χ1v) is 5.45. The lowest BCUT2D eigenvalue weighted by Crippen LogP contribution is -2.42. The van der Waals surface area contributed by atoms with Crippen LogP contribution in [0.4, 0.5) is 15.8 Å². The lowest BCUT2D eigenvalue weighted by atomic mass is 10.0. The zero-order valence-corrected chi connectivity index (χ0v) is 10.5. The van der Waals surface area contributed by atoms with Crippen molar-refractivity contribution in [2.75, 3.05) is 18.5 Å². The SMILES string of the molecule is CC(CO)(CO)Nc1cc(C(=O)O)c(F)cc1[N+](=O)[O-]. The van der Waals surface area contributed by atoms with E-state index >= 15 is 0 Å². The number of aliphatic hydroxyl groups excluding tert-OH is 2. The monoisotopic (exact) mass is 288 g/mol. The summed E-state index contributed by atoms with van der Waals surface area (Å²) in [6.45, 7) is 0.224. The second-order valence-electron chi connectivity index (χ2n) is 4.41. The van der Waals surface area contributed by atoms with E-state index in [4.69, 9.17) is 15.3 Å². The van der Waals surface area contributed by atoms with E-state index in [-0.39, 0.29) is 5.69 Å². The quantitative estimate of drug-likeness (QED) is 0.444. The van der Waals surface area contributed by atoms with Crippen LogP contribution in [0.5, 0.6) is 0 Å². The number of aromatic carboxylic acids is 1. The van der Waals surface area contributed by atoms with E-state index in [9.17, 15) is 19.3 Å². The largest absolute Gasteiger partial charge is 0.478 e. The van der Waals surface area contributed by atoms with Crippen LogP contribution in [0.25, 0.3) is 0 Å². The van der Waals surface area contributed by atoms with Crippen LogP contribution >= 0.6 is 0 Å². The molecule has 0 saturated heterocycles. The maximum atomic E-state index is 13.4. The van der Waals surface area contributed by atoms with Crippen LogP contribution < -0.4 is 5.32 Å². The highest BCUT2D eigenvalue weighted by atomic mass is 19.1. The van der Waals surface area contributed by atoms with Gasteiger partial charge in [0.05, 0.1) is 35.3 Å². The van der Waals surface area contributed by atoms with E-state index < -0.39 is 46.7 Å². The third kappa shape index (κ3) is 3.19. The summed E-state index contributed by atoms with van der Waals surface area (Å²) in [5.74, 6) is -2.83. The van der Waals surface area contributed by atoms with Gasteiger partial charge in [0.2, 0.25) is 0 Å². The van der Waals surface area contributed by atoms with Crippen molar-refractivity contribution in [2.45, 2.75) is 12.5 Å². The Labute approximate surface area is 112 Å². The summed E-state index contributed by atoms with van der Waals surface area (Å²) in [6.07, 6.45) is 0. The molecule has 1 aromatic carbocycles. The number of hydrogen-bond donors (Lipinski definition) is 4. The highest BCUT2D eigenvalue weighted by Gasteiger charge is 2.28. The Morgan fingerprint density at radius 3 is 2.40 bits per heavy atom. The number of hydrogen-bond acceptors (Lipinski definition) is 6. The summed E-state index contributed by atoms with van der Waals surface area (Å²) in [5.41, 5.74) is -3.07. The molecule has 1 aromatic rings. The second-order valence-corrected chi connectivity index (χ2v) is 4.41. The maximum Gasteiger partial charge on any atom is 0.338 e. The summed E-state index contributed by atoms with van der Waals surface area (Å²) < 4.78 is 13.4. The van der Waals surface area contributed by atoms with Gasteiger partial charge in [0, 0.05) is 0 Å². The molecule has 110 valence electrons. The number of nitrogens with zero attached hydrogens (tertiary/aromatic N) is 1. The van der Waals surface area contributed by atoms with Crippen LogP contribution in [-0.2, 0) is 0 Å². The van der Waals surface area contributed by atoms with Gasteiger partial charge >= 0.3 is 5.97 Å². The fraction of sp³-hybridized carbons (Fsp3) is 0.364. The van der Waals surface area contributed by atoms with Crippen LogP contribution in [0.1, 0.15) is 17.3 Å². The maximum absolute atomic E-state index is 13.4. The zero-order valence-electron chi connectivity index (χ0n) is 10.5.